The molecule has 0 saturated heterocycles. The molecule has 0 amide bonds. The number of ketones is 1. The van der Waals surface area contributed by atoms with Crippen LogP contribution in [0.3, 0.4) is 0 Å². The lowest BCUT2D eigenvalue weighted by atomic mass is 9.92. The van der Waals surface area contributed by atoms with Gasteiger partial charge in [0.25, 0.3) is 0 Å². The Morgan fingerprint density at radius 2 is 2.21 bits per heavy atom. The molecule has 1 aromatic heterocycles. The van der Waals surface area contributed by atoms with Gasteiger partial charge >= 0.3 is 0 Å². The number of carbonyl (C=O) groups excluding carboxylic acids is 1. The lowest BCUT2D eigenvalue weighted by Crippen LogP contribution is -2.11. The molecule has 4 nitrogen and oxygen atoms in total. The van der Waals surface area contributed by atoms with Crippen molar-refractivity contribution in [2.24, 2.45) is 0 Å². The predicted molar refractivity (Wildman–Crippen MR) is 69.9 cm³/mol. The van der Waals surface area contributed by atoms with Crippen molar-refractivity contribution in [3.63, 3.8) is 0 Å². The Kier molecular flexibility index (Phi) is 3.89. The van der Waals surface area contributed by atoms with Crippen LogP contribution in [0.15, 0.2) is 48.8 Å². The first-order chi connectivity index (χ1) is 9.26. The molecule has 4 heteroatoms. The number of Topliss-reactive ketones (excluding diaryl/α,β-unsaturated/α-hetero) is 1. The summed E-state index contributed by atoms with van der Waals surface area (Å²) in [6.45, 7) is 0. The average molecular weight is 252 g/mol. The normalized spacial score (nSPS) is 11.4. The quantitative estimate of drug-likeness (QED) is 0.784. The van der Waals surface area contributed by atoms with Gasteiger partial charge in [-0.2, -0.15) is 5.26 Å². The zero-order valence-electron chi connectivity index (χ0n) is 10.4. The van der Waals surface area contributed by atoms with E-state index in [2.05, 4.69) is 4.98 Å². The number of nitriles is 1. The fourth-order valence-corrected chi connectivity index (χ4v) is 1.78. The number of carbonyl (C=O) groups is 1. The SMILES string of the molecule is COc1cccc(C(C#N)C(=O)c2cccnc2)c1. The van der Waals surface area contributed by atoms with Crippen molar-refractivity contribution >= 4 is 5.78 Å². The van der Waals surface area contributed by atoms with Crippen LogP contribution in [0.1, 0.15) is 21.8 Å². The number of hydrogen-bond acceptors (Lipinski definition) is 4. The van der Waals surface area contributed by atoms with Crippen LogP contribution in [-0.4, -0.2) is 17.9 Å². The molecule has 0 radical (unpaired) electrons. The maximum Gasteiger partial charge on any atom is 0.185 e. The minimum absolute atomic E-state index is 0.260. The number of nitrogens with zero attached hydrogens (tertiary/aromatic N) is 2. The Morgan fingerprint density at radius 1 is 1.37 bits per heavy atom. The topological polar surface area (TPSA) is 63.0 Å². The zero-order chi connectivity index (χ0) is 13.7. The van der Waals surface area contributed by atoms with Gasteiger partial charge in [0.1, 0.15) is 11.7 Å². The molecule has 19 heavy (non-hydrogen) atoms. The van der Waals surface area contributed by atoms with Gasteiger partial charge in [0.2, 0.25) is 0 Å². The molecular formula is C15H12N2O2. The van der Waals surface area contributed by atoms with Crippen molar-refractivity contribution in [2.75, 3.05) is 7.11 Å². The number of benzene rings is 1. The van der Waals surface area contributed by atoms with Crippen molar-refractivity contribution < 1.29 is 9.53 Å². The smallest absolute Gasteiger partial charge is 0.185 e. The highest BCUT2D eigenvalue weighted by molar-refractivity contribution is 6.02. The molecule has 1 heterocycles. The maximum absolute atomic E-state index is 12.3. The van der Waals surface area contributed by atoms with Gasteiger partial charge in [-0.1, -0.05) is 12.1 Å². The van der Waals surface area contributed by atoms with E-state index >= 15 is 0 Å². The molecule has 0 aliphatic carbocycles. The van der Waals surface area contributed by atoms with Crippen LogP contribution < -0.4 is 4.74 Å². The van der Waals surface area contributed by atoms with Crippen LogP contribution in [0, 0.1) is 11.3 Å². The Balaban J connectivity index is 2.35. The van der Waals surface area contributed by atoms with Crippen molar-refractivity contribution in [2.45, 2.75) is 5.92 Å². The van der Waals surface area contributed by atoms with Crippen LogP contribution in [-0.2, 0) is 0 Å². The van der Waals surface area contributed by atoms with Crippen LogP contribution in [0.5, 0.6) is 5.75 Å². The molecule has 0 saturated carbocycles. The van der Waals surface area contributed by atoms with Crippen LogP contribution >= 0.6 is 0 Å². The van der Waals surface area contributed by atoms with E-state index in [1.807, 2.05) is 6.07 Å². The van der Waals surface area contributed by atoms with Gasteiger partial charge in [-0.05, 0) is 29.8 Å². The molecule has 2 rings (SSSR count). The molecule has 0 N–H and O–H groups in total. The molecule has 1 unspecified atom stereocenters. The fraction of sp³-hybridized carbons (Fsp3) is 0.133. The zero-order valence-corrected chi connectivity index (χ0v) is 10.4. The first-order valence-electron chi connectivity index (χ1n) is 5.74. The number of rotatable bonds is 4. The monoisotopic (exact) mass is 252 g/mol. The van der Waals surface area contributed by atoms with Gasteiger partial charge in [0.05, 0.1) is 13.2 Å². The Morgan fingerprint density at radius 3 is 2.84 bits per heavy atom. The van der Waals surface area contributed by atoms with Crippen LogP contribution in [0.4, 0.5) is 0 Å². The van der Waals surface area contributed by atoms with E-state index in [1.165, 1.54) is 6.20 Å². The summed E-state index contributed by atoms with van der Waals surface area (Å²) >= 11 is 0. The van der Waals surface area contributed by atoms with Crippen molar-refractivity contribution in [3.8, 4) is 11.8 Å². The summed E-state index contributed by atoms with van der Waals surface area (Å²) in [4.78, 5) is 16.2. The summed E-state index contributed by atoms with van der Waals surface area (Å²) in [6, 6.07) is 12.3. The molecule has 0 aliphatic heterocycles. The van der Waals surface area contributed by atoms with Gasteiger partial charge in [0.15, 0.2) is 5.78 Å². The van der Waals surface area contributed by atoms with Crippen LogP contribution in [0.2, 0.25) is 0 Å². The number of pyridine rings is 1. The molecular weight excluding hydrogens is 240 g/mol. The van der Waals surface area contributed by atoms with Crippen LogP contribution in [0.25, 0.3) is 0 Å². The molecule has 0 bridgehead atoms. The first-order valence-corrected chi connectivity index (χ1v) is 5.74. The third-order valence-electron chi connectivity index (χ3n) is 2.76. The van der Waals surface area contributed by atoms with E-state index in [-0.39, 0.29) is 5.78 Å². The minimum atomic E-state index is -0.848. The maximum atomic E-state index is 12.3. The summed E-state index contributed by atoms with van der Waals surface area (Å²) in [5.74, 6) is -0.486. The third-order valence-corrected chi connectivity index (χ3v) is 2.76. The third kappa shape index (κ3) is 2.78. The van der Waals surface area contributed by atoms with Gasteiger partial charge < -0.3 is 4.74 Å². The van der Waals surface area contributed by atoms with Gasteiger partial charge in [-0.25, -0.2) is 0 Å². The molecule has 0 spiro atoms. The molecule has 2 aromatic rings. The first kappa shape index (κ1) is 12.8. The standard InChI is InChI=1S/C15H12N2O2/c1-19-13-6-2-4-11(8-13)14(9-16)15(18)12-5-3-7-17-10-12/h2-8,10,14H,1H3. The second-order valence-corrected chi connectivity index (χ2v) is 3.94. The summed E-state index contributed by atoms with van der Waals surface area (Å²) < 4.78 is 5.10. The van der Waals surface area contributed by atoms with E-state index in [0.29, 0.717) is 16.9 Å². The highest BCUT2D eigenvalue weighted by Gasteiger charge is 2.22. The molecule has 0 aliphatic rings. The highest BCUT2D eigenvalue weighted by Crippen LogP contribution is 2.23. The van der Waals surface area contributed by atoms with E-state index < -0.39 is 5.92 Å². The number of ether oxygens (including phenoxy) is 1. The largest absolute Gasteiger partial charge is 0.497 e. The van der Waals surface area contributed by atoms with E-state index in [0.717, 1.165) is 0 Å². The van der Waals surface area contributed by atoms with Gasteiger partial charge in [-0.3, -0.25) is 9.78 Å². The number of aromatic nitrogens is 1. The van der Waals surface area contributed by atoms with Crippen molar-refractivity contribution in [1.29, 1.82) is 5.26 Å². The molecule has 1 aromatic carbocycles. The Labute approximate surface area is 111 Å². The van der Waals surface area contributed by atoms with Crippen molar-refractivity contribution in [1.82, 2.24) is 4.98 Å². The second-order valence-electron chi connectivity index (χ2n) is 3.94. The Bertz CT molecular complexity index is 618. The highest BCUT2D eigenvalue weighted by atomic mass is 16.5. The van der Waals surface area contributed by atoms with E-state index in [4.69, 9.17) is 4.74 Å². The summed E-state index contributed by atoms with van der Waals surface area (Å²) in [5.41, 5.74) is 1.05. The lowest BCUT2D eigenvalue weighted by Gasteiger charge is -2.09. The number of methoxy groups -OCH3 is 1. The van der Waals surface area contributed by atoms with Gasteiger partial charge in [0, 0.05) is 18.0 Å². The average Bonchev–Trinajstić information content (AvgIpc) is 2.49. The minimum Gasteiger partial charge on any atom is -0.497 e. The van der Waals surface area contributed by atoms with E-state index in [9.17, 15) is 10.1 Å². The fourth-order valence-electron chi connectivity index (χ4n) is 1.78. The van der Waals surface area contributed by atoms with E-state index in [1.54, 1.807) is 49.7 Å². The van der Waals surface area contributed by atoms with Gasteiger partial charge in [-0.15, -0.1) is 0 Å². The molecule has 1 atom stereocenters. The second kappa shape index (κ2) is 5.78. The number of hydrogen-bond donors (Lipinski definition) is 0. The summed E-state index contributed by atoms with van der Waals surface area (Å²) in [7, 11) is 1.55. The lowest BCUT2D eigenvalue weighted by molar-refractivity contribution is 0.0978. The predicted octanol–water partition coefficient (Wildman–Crippen LogP) is 2.58. The molecule has 0 fully saturated rings. The molecule has 94 valence electrons. The van der Waals surface area contributed by atoms with Crippen molar-refractivity contribution in [3.05, 3.63) is 59.9 Å². The summed E-state index contributed by atoms with van der Waals surface area (Å²) in [6.07, 6.45) is 3.05. The Hall–Kier alpha value is -2.67. The summed E-state index contributed by atoms with van der Waals surface area (Å²) in [5, 5.41) is 9.24.